The first-order valence-electron chi connectivity index (χ1n) is 9.32. The Morgan fingerprint density at radius 3 is 2.67 bits per heavy atom. The standard InChI is InChI=1S/C21H24N2O4/c24-21(22-13-17-6-7-18-19(12-17)27-11-10-26-18)20-15-23(8-9-25-20)14-16-4-2-1-3-5-16/h1-7,12,20H,8-11,13-15H2,(H,22,24). The van der Waals surface area contributed by atoms with Gasteiger partial charge in [0, 0.05) is 26.2 Å². The van der Waals surface area contributed by atoms with E-state index in [4.69, 9.17) is 14.2 Å². The van der Waals surface area contributed by atoms with E-state index in [1.54, 1.807) is 0 Å². The number of hydrogen-bond donors (Lipinski definition) is 1. The number of fused-ring (bicyclic) bond motifs is 1. The Hall–Kier alpha value is -2.57. The molecule has 1 unspecified atom stereocenters. The lowest BCUT2D eigenvalue weighted by Crippen LogP contribution is -2.49. The summed E-state index contributed by atoms with van der Waals surface area (Å²) in [5.74, 6) is 1.40. The topological polar surface area (TPSA) is 60.0 Å². The van der Waals surface area contributed by atoms with E-state index in [0.717, 1.165) is 30.2 Å². The van der Waals surface area contributed by atoms with Gasteiger partial charge < -0.3 is 19.5 Å². The van der Waals surface area contributed by atoms with Gasteiger partial charge >= 0.3 is 0 Å². The molecule has 2 aliphatic rings. The highest BCUT2D eigenvalue weighted by Crippen LogP contribution is 2.30. The summed E-state index contributed by atoms with van der Waals surface area (Å²) in [7, 11) is 0. The summed E-state index contributed by atoms with van der Waals surface area (Å²) in [4.78, 5) is 14.8. The lowest BCUT2D eigenvalue weighted by atomic mass is 10.1. The fourth-order valence-corrected chi connectivity index (χ4v) is 3.35. The summed E-state index contributed by atoms with van der Waals surface area (Å²) in [6.07, 6.45) is -0.445. The number of ether oxygens (including phenoxy) is 3. The van der Waals surface area contributed by atoms with Crippen LogP contribution in [0.15, 0.2) is 48.5 Å². The quantitative estimate of drug-likeness (QED) is 0.875. The van der Waals surface area contributed by atoms with E-state index < -0.39 is 6.10 Å². The van der Waals surface area contributed by atoms with Crippen molar-refractivity contribution in [2.75, 3.05) is 32.9 Å². The van der Waals surface area contributed by atoms with E-state index in [1.165, 1.54) is 5.56 Å². The molecular weight excluding hydrogens is 344 g/mol. The average molecular weight is 368 g/mol. The Kier molecular flexibility index (Phi) is 5.55. The molecule has 1 fully saturated rings. The van der Waals surface area contributed by atoms with Crippen molar-refractivity contribution < 1.29 is 19.0 Å². The van der Waals surface area contributed by atoms with Gasteiger partial charge in [0.1, 0.15) is 19.3 Å². The third-order valence-electron chi connectivity index (χ3n) is 4.77. The van der Waals surface area contributed by atoms with Gasteiger partial charge in [-0.2, -0.15) is 0 Å². The van der Waals surface area contributed by atoms with Crippen LogP contribution in [-0.4, -0.2) is 49.8 Å². The van der Waals surface area contributed by atoms with E-state index >= 15 is 0 Å². The predicted octanol–water partition coefficient (Wildman–Crippen LogP) is 1.97. The maximum atomic E-state index is 12.5. The molecule has 27 heavy (non-hydrogen) atoms. The van der Waals surface area contributed by atoms with Crippen LogP contribution < -0.4 is 14.8 Å². The fourth-order valence-electron chi connectivity index (χ4n) is 3.35. The number of hydrogen-bond acceptors (Lipinski definition) is 5. The first kappa shape index (κ1) is 17.8. The number of amides is 1. The second kappa shape index (κ2) is 8.41. The maximum absolute atomic E-state index is 12.5. The number of carbonyl (C=O) groups is 1. The van der Waals surface area contributed by atoms with Gasteiger partial charge in [-0.3, -0.25) is 9.69 Å². The monoisotopic (exact) mass is 368 g/mol. The number of nitrogens with one attached hydrogen (secondary N) is 1. The maximum Gasteiger partial charge on any atom is 0.250 e. The molecule has 1 N–H and O–H groups in total. The summed E-state index contributed by atoms with van der Waals surface area (Å²) in [5.41, 5.74) is 2.22. The molecule has 2 aromatic carbocycles. The van der Waals surface area contributed by atoms with Crippen LogP contribution in [-0.2, 0) is 22.6 Å². The summed E-state index contributed by atoms with van der Waals surface area (Å²) < 4.78 is 16.8. The van der Waals surface area contributed by atoms with E-state index in [9.17, 15) is 4.79 Å². The van der Waals surface area contributed by atoms with Crippen molar-refractivity contribution in [3.05, 3.63) is 59.7 Å². The van der Waals surface area contributed by atoms with Crippen molar-refractivity contribution in [1.29, 1.82) is 0 Å². The summed E-state index contributed by atoms with van der Waals surface area (Å²) >= 11 is 0. The molecule has 0 bridgehead atoms. The summed E-state index contributed by atoms with van der Waals surface area (Å²) in [5, 5.41) is 2.97. The third kappa shape index (κ3) is 4.59. The van der Waals surface area contributed by atoms with E-state index in [-0.39, 0.29) is 5.91 Å². The highest BCUT2D eigenvalue weighted by molar-refractivity contribution is 5.81. The highest BCUT2D eigenvalue weighted by Gasteiger charge is 2.26. The van der Waals surface area contributed by atoms with Gasteiger partial charge in [0.15, 0.2) is 11.5 Å². The molecule has 6 nitrogen and oxygen atoms in total. The Bertz CT molecular complexity index is 781. The van der Waals surface area contributed by atoms with Gasteiger partial charge in [-0.15, -0.1) is 0 Å². The molecule has 1 saturated heterocycles. The van der Waals surface area contributed by atoms with E-state index in [0.29, 0.717) is 32.9 Å². The lowest BCUT2D eigenvalue weighted by molar-refractivity contribution is -0.139. The minimum atomic E-state index is -0.445. The van der Waals surface area contributed by atoms with Gasteiger partial charge in [0.2, 0.25) is 0 Å². The number of benzene rings is 2. The SMILES string of the molecule is O=C(NCc1ccc2c(c1)OCCO2)C1CN(Cc2ccccc2)CCO1. The summed E-state index contributed by atoms with van der Waals surface area (Å²) in [6.45, 7) is 4.39. The minimum Gasteiger partial charge on any atom is -0.486 e. The molecule has 1 atom stereocenters. The molecule has 142 valence electrons. The number of rotatable bonds is 5. The molecule has 2 aliphatic heterocycles. The first-order valence-corrected chi connectivity index (χ1v) is 9.32. The molecule has 0 aliphatic carbocycles. The van der Waals surface area contributed by atoms with Crippen LogP contribution in [0.5, 0.6) is 11.5 Å². The summed E-state index contributed by atoms with van der Waals surface area (Å²) in [6, 6.07) is 16.0. The van der Waals surface area contributed by atoms with Crippen LogP contribution in [0.2, 0.25) is 0 Å². The van der Waals surface area contributed by atoms with Crippen molar-refractivity contribution in [2.45, 2.75) is 19.2 Å². The smallest absolute Gasteiger partial charge is 0.250 e. The minimum absolute atomic E-state index is 0.0809. The molecule has 0 aromatic heterocycles. The van der Waals surface area contributed by atoms with Crippen LogP contribution >= 0.6 is 0 Å². The second-order valence-corrected chi connectivity index (χ2v) is 6.78. The Morgan fingerprint density at radius 2 is 1.81 bits per heavy atom. The van der Waals surface area contributed by atoms with Crippen molar-refractivity contribution in [3.8, 4) is 11.5 Å². The predicted molar refractivity (Wildman–Crippen MR) is 101 cm³/mol. The van der Waals surface area contributed by atoms with Gasteiger partial charge in [0.25, 0.3) is 5.91 Å². The molecule has 0 spiro atoms. The van der Waals surface area contributed by atoms with Crippen molar-refractivity contribution in [3.63, 3.8) is 0 Å². The zero-order valence-electron chi connectivity index (χ0n) is 15.2. The Balaban J connectivity index is 1.30. The molecule has 6 heteroatoms. The van der Waals surface area contributed by atoms with Crippen LogP contribution in [0.3, 0.4) is 0 Å². The van der Waals surface area contributed by atoms with Crippen molar-refractivity contribution in [2.24, 2.45) is 0 Å². The van der Waals surface area contributed by atoms with E-state index in [1.807, 2.05) is 36.4 Å². The second-order valence-electron chi connectivity index (χ2n) is 6.78. The van der Waals surface area contributed by atoms with Crippen LogP contribution in [0.1, 0.15) is 11.1 Å². The number of nitrogens with zero attached hydrogens (tertiary/aromatic N) is 1. The molecular formula is C21H24N2O4. The molecule has 4 rings (SSSR count). The Labute approximate surface area is 159 Å². The van der Waals surface area contributed by atoms with Gasteiger partial charge in [-0.25, -0.2) is 0 Å². The molecule has 1 amide bonds. The molecule has 0 radical (unpaired) electrons. The van der Waals surface area contributed by atoms with Gasteiger partial charge in [-0.05, 0) is 23.3 Å². The number of morpholine rings is 1. The molecule has 0 saturated carbocycles. The normalized spacial score (nSPS) is 19.5. The van der Waals surface area contributed by atoms with Gasteiger partial charge in [0.05, 0.1) is 6.61 Å². The Morgan fingerprint density at radius 1 is 1.00 bits per heavy atom. The van der Waals surface area contributed by atoms with Crippen LogP contribution in [0.25, 0.3) is 0 Å². The third-order valence-corrected chi connectivity index (χ3v) is 4.77. The van der Waals surface area contributed by atoms with Gasteiger partial charge in [-0.1, -0.05) is 36.4 Å². The zero-order chi connectivity index (χ0) is 18.5. The molecule has 2 heterocycles. The lowest BCUT2D eigenvalue weighted by Gasteiger charge is -2.32. The fraction of sp³-hybridized carbons (Fsp3) is 0.381. The first-order chi connectivity index (χ1) is 13.3. The van der Waals surface area contributed by atoms with Crippen molar-refractivity contribution in [1.82, 2.24) is 10.2 Å². The zero-order valence-corrected chi connectivity index (χ0v) is 15.2. The largest absolute Gasteiger partial charge is 0.486 e. The van der Waals surface area contributed by atoms with Crippen LogP contribution in [0.4, 0.5) is 0 Å². The van der Waals surface area contributed by atoms with E-state index in [2.05, 4.69) is 22.3 Å². The highest BCUT2D eigenvalue weighted by atomic mass is 16.6. The average Bonchev–Trinajstić information content (AvgIpc) is 2.73. The van der Waals surface area contributed by atoms with Crippen molar-refractivity contribution >= 4 is 5.91 Å². The number of carbonyl (C=O) groups excluding carboxylic acids is 1. The van der Waals surface area contributed by atoms with Crippen LogP contribution in [0, 0.1) is 0 Å². The molecule has 2 aromatic rings.